The zero-order valence-corrected chi connectivity index (χ0v) is 17.4. The molecule has 0 aliphatic carbocycles. The molecule has 1 aliphatic heterocycles. The lowest BCUT2D eigenvalue weighted by Gasteiger charge is -2.65. The highest BCUT2D eigenvalue weighted by atomic mass is 35.7. The Bertz CT molecular complexity index is 516. The van der Waals surface area contributed by atoms with Crippen molar-refractivity contribution in [2.45, 2.75) is 50.5 Å². The van der Waals surface area contributed by atoms with Gasteiger partial charge in [-0.2, -0.15) is 0 Å². The number of aryl methyl sites for hydroxylation is 1. The molecule has 2 heterocycles. The van der Waals surface area contributed by atoms with Crippen molar-refractivity contribution in [1.82, 2.24) is 0 Å². The minimum absolute atomic E-state index is 0.127. The third kappa shape index (κ3) is 1.73. The van der Waals surface area contributed by atoms with Gasteiger partial charge in [0.25, 0.3) is 0 Å². The van der Waals surface area contributed by atoms with Crippen molar-refractivity contribution in [3.63, 3.8) is 0 Å². The monoisotopic (exact) mass is 348 g/mol. The van der Waals surface area contributed by atoms with Crippen molar-refractivity contribution in [3.8, 4) is 0 Å². The minimum atomic E-state index is -2.48. The Kier molecular flexibility index (Phi) is 3.48. The van der Waals surface area contributed by atoms with Gasteiger partial charge in [0.2, 0.25) is 0 Å². The molecule has 1 aliphatic rings. The Hall–Kier alpha value is 0.381. The van der Waals surface area contributed by atoms with Crippen LogP contribution in [0.15, 0.2) is 18.2 Å². The second kappa shape index (κ2) is 4.20. The maximum atomic E-state index is 7.07. The predicted octanol–water partition coefficient (Wildman–Crippen LogP) is 4.09. The molecule has 1 aromatic rings. The first-order valence-corrected chi connectivity index (χ1v) is 17.8. The van der Waals surface area contributed by atoms with Crippen molar-refractivity contribution in [3.05, 3.63) is 29.6 Å². The molecule has 19 heavy (non-hydrogen) atoms. The summed E-state index contributed by atoms with van der Waals surface area (Å²) in [5.74, 6) is 0. The van der Waals surface area contributed by atoms with Gasteiger partial charge in [-0.15, -0.1) is 0 Å². The molecule has 0 radical (unpaired) electrons. The van der Waals surface area contributed by atoms with Crippen LogP contribution in [0.25, 0.3) is 0 Å². The van der Waals surface area contributed by atoms with E-state index in [-0.39, 0.29) is 4.28 Å². The van der Waals surface area contributed by atoms with Gasteiger partial charge in [0.1, 0.15) is 11.4 Å². The molecule has 0 unspecified atom stereocenters. The van der Waals surface area contributed by atoms with Crippen LogP contribution in [0.3, 0.4) is 0 Å². The van der Waals surface area contributed by atoms with E-state index >= 15 is 0 Å². The van der Waals surface area contributed by atoms with Gasteiger partial charge in [0, 0.05) is 33.4 Å². The van der Waals surface area contributed by atoms with Crippen LogP contribution in [0, 0.1) is 6.92 Å². The van der Waals surface area contributed by atoms with Crippen LogP contribution >= 0.6 is 22.2 Å². The van der Waals surface area contributed by atoms with E-state index in [1.165, 1.54) is 11.4 Å². The Balaban J connectivity index is 2.87. The largest absolute Gasteiger partial charge is 0.380 e. The summed E-state index contributed by atoms with van der Waals surface area (Å²) in [5, 5.41) is 0. The fourth-order valence-corrected chi connectivity index (χ4v) is 37.3. The number of aromatic nitrogens is 1. The third-order valence-electron chi connectivity index (χ3n) is 4.55. The molecular formula is C13H24Cl2NSi3. The molecular weight excluding hydrogens is 325 g/mol. The number of nitrogens with zero attached hydrogens (tertiary/aromatic N) is 1. The third-order valence-corrected chi connectivity index (χ3v) is 27.7. The predicted molar refractivity (Wildman–Crippen MR) is 92.6 cm³/mol. The number of rotatable bonds is 2. The molecule has 0 aromatic carbocycles. The van der Waals surface area contributed by atoms with Crippen LogP contribution in [-0.2, 0) is 4.28 Å². The minimum Gasteiger partial charge on any atom is -0.380 e. The number of hydrogen-bond acceptors (Lipinski definition) is 0. The van der Waals surface area contributed by atoms with E-state index in [1.807, 2.05) is 0 Å². The van der Waals surface area contributed by atoms with Crippen molar-refractivity contribution in [1.29, 1.82) is 0 Å². The Morgan fingerprint density at radius 3 is 1.89 bits per heavy atom. The lowest BCUT2D eigenvalue weighted by Crippen LogP contribution is -2.94. The Labute approximate surface area is 129 Å². The Morgan fingerprint density at radius 1 is 1.00 bits per heavy atom. The smallest absolute Gasteiger partial charge is 0.368 e. The van der Waals surface area contributed by atoms with Gasteiger partial charge in [0.05, 0.1) is 0 Å². The molecule has 0 fully saturated rings. The van der Waals surface area contributed by atoms with Crippen molar-refractivity contribution >= 4 is 45.2 Å². The fraction of sp³-hybridized carbons (Fsp3) is 0.615. The van der Waals surface area contributed by atoms with Crippen LogP contribution in [0.2, 0.25) is 39.3 Å². The molecule has 0 spiro atoms. The first-order valence-electron chi connectivity index (χ1n) is 6.79. The number of pyridine rings is 1. The maximum Gasteiger partial charge on any atom is 0.368 e. The second-order valence-corrected chi connectivity index (χ2v) is 25.8. The van der Waals surface area contributed by atoms with E-state index in [4.69, 9.17) is 22.2 Å². The summed E-state index contributed by atoms with van der Waals surface area (Å²) >= 11 is 14.1. The number of hydrogen-bond donors (Lipinski definition) is 0. The summed E-state index contributed by atoms with van der Waals surface area (Å²) in [6.07, 6.45) is 0. The quantitative estimate of drug-likeness (QED) is 0.559. The molecule has 1 nitrogen and oxygen atoms in total. The van der Waals surface area contributed by atoms with E-state index in [9.17, 15) is 0 Å². The maximum absolute atomic E-state index is 7.07. The van der Waals surface area contributed by atoms with E-state index < -0.39 is 23.0 Å². The van der Waals surface area contributed by atoms with Crippen molar-refractivity contribution in [2.75, 3.05) is 0 Å². The summed E-state index contributed by atoms with van der Waals surface area (Å²) in [5.41, 5.74) is 2.63. The van der Waals surface area contributed by atoms with Crippen LogP contribution in [-0.4, -0.2) is 23.0 Å². The molecule has 6 heteroatoms. The normalized spacial score (nSPS) is 20.7. The molecule has 0 saturated carbocycles. The van der Waals surface area contributed by atoms with E-state index in [1.54, 1.807) is 0 Å². The molecule has 0 N–H and O–H groups in total. The van der Waals surface area contributed by atoms with Gasteiger partial charge in [-0.25, -0.2) is 0 Å². The van der Waals surface area contributed by atoms with Gasteiger partial charge in [-0.3, -0.25) is 22.2 Å². The van der Waals surface area contributed by atoms with Gasteiger partial charge in [0.15, 0.2) is 0 Å². The highest BCUT2D eigenvalue weighted by Crippen LogP contribution is 2.55. The zero-order chi connectivity index (χ0) is 14.9. The van der Waals surface area contributed by atoms with Gasteiger partial charge >= 0.3 is 6.86 Å². The highest BCUT2D eigenvalue weighted by Gasteiger charge is 2.74. The first-order chi connectivity index (χ1) is 8.39. The average Bonchev–Trinajstić information content (AvgIpc) is 2.10. The molecule has 107 valence electrons. The number of halogens is 2. The molecule has 1 aromatic heterocycles. The highest BCUT2D eigenvalue weighted by molar-refractivity contribution is 7.49. The average molecular weight is 350 g/mol. The SMILES string of the molecule is Cc1cccc2[n+]1[Si-](Cl)(Cl)C2([Si](C)(C)C)[Si](C)(C)C. The molecule has 0 saturated heterocycles. The lowest BCUT2D eigenvalue weighted by molar-refractivity contribution is -0.582. The summed E-state index contributed by atoms with van der Waals surface area (Å²) in [7, 11) is -3.06. The molecule has 0 atom stereocenters. The van der Waals surface area contributed by atoms with Crippen LogP contribution in [0.5, 0.6) is 0 Å². The fourth-order valence-electron chi connectivity index (χ4n) is 4.35. The van der Waals surface area contributed by atoms with Crippen LogP contribution in [0.1, 0.15) is 11.4 Å². The van der Waals surface area contributed by atoms with E-state index in [2.05, 4.69) is 68.6 Å². The standard InChI is InChI=1S/C13H24Cl2NSi3/c1-11-9-8-10-12-13(17(2,3)4,18(5,6)7)19(14,15)16(11)12/h8-10H,1-7H3. The Morgan fingerprint density at radius 2 is 1.47 bits per heavy atom. The van der Waals surface area contributed by atoms with Crippen molar-refractivity contribution < 1.29 is 4.23 Å². The van der Waals surface area contributed by atoms with Crippen LogP contribution in [0.4, 0.5) is 0 Å². The summed E-state index contributed by atoms with van der Waals surface area (Å²) in [6, 6.07) is 6.54. The van der Waals surface area contributed by atoms with Crippen molar-refractivity contribution in [2.24, 2.45) is 0 Å². The zero-order valence-electron chi connectivity index (χ0n) is 12.9. The molecule has 0 amide bonds. The van der Waals surface area contributed by atoms with Crippen LogP contribution < -0.4 is 4.23 Å². The van der Waals surface area contributed by atoms with E-state index in [0.29, 0.717) is 0 Å². The second-order valence-electron chi connectivity index (χ2n) is 7.68. The molecule has 0 bridgehead atoms. The summed E-state index contributed by atoms with van der Waals surface area (Å²) < 4.78 is 2.40. The molecule has 2 rings (SSSR count). The topological polar surface area (TPSA) is 3.88 Å². The van der Waals surface area contributed by atoms with Gasteiger partial charge in [-0.05, 0) is 6.07 Å². The lowest BCUT2D eigenvalue weighted by atomic mass is 10.3. The summed E-state index contributed by atoms with van der Waals surface area (Å²) in [4.78, 5) is 0. The van der Waals surface area contributed by atoms with Gasteiger partial charge < -0.3 is 4.23 Å². The summed E-state index contributed by atoms with van der Waals surface area (Å²) in [6.45, 7) is 14.2. The first kappa shape index (κ1) is 15.8. The number of fused-ring (bicyclic) bond motifs is 1. The van der Waals surface area contributed by atoms with E-state index in [0.717, 1.165) is 0 Å². The van der Waals surface area contributed by atoms with Gasteiger partial charge in [-0.1, -0.05) is 45.3 Å².